The Labute approximate surface area is 112 Å². The van der Waals surface area contributed by atoms with Crippen LogP contribution in [0.2, 0.25) is 0 Å². The van der Waals surface area contributed by atoms with E-state index in [1.165, 1.54) is 0 Å². The second-order valence-electron chi connectivity index (χ2n) is 4.64. The summed E-state index contributed by atoms with van der Waals surface area (Å²) in [5, 5.41) is 2.01. The fourth-order valence-corrected chi connectivity index (χ4v) is 6.34. The molecule has 0 bridgehead atoms. The third-order valence-corrected chi connectivity index (χ3v) is 8.51. The van der Waals surface area contributed by atoms with Gasteiger partial charge in [0.05, 0.1) is 4.62 Å². The standard InChI is InChI=1S/C14H18NOPS/c1-12(2)17(16,14-7-5-11-18-14)10-8-13-6-3-4-9-15-13/h3-7,9,11-12H,8,10H2,1-2H3/t17-/m0/s1. The molecule has 0 unspecified atom stereocenters. The topological polar surface area (TPSA) is 30.0 Å². The summed E-state index contributed by atoms with van der Waals surface area (Å²) in [5.74, 6) is 0. The molecular formula is C14H18NOPS. The molecule has 0 radical (unpaired) electrons. The molecular weight excluding hydrogens is 261 g/mol. The van der Waals surface area contributed by atoms with E-state index >= 15 is 0 Å². The van der Waals surface area contributed by atoms with Crippen molar-refractivity contribution in [1.82, 2.24) is 4.98 Å². The van der Waals surface area contributed by atoms with Crippen LogP contribution in [0.4, 0.5) is 0 Å². The highest BCUT2D eigenvalue weighted by Crippen LogP contribution is 2.50. The molecule has 2 aromatic rings. The van der Waals surface area contributed by atoms with Crippen LogP contribution in [0.1, 0.15) is 19.5 Å². The van der Waals surface area contributed by atoms with Gasteiger partial charge >= 0.3 is 0 Å². The summed E-state index contributed by atoms with van der Waals surface area (Å²) in [6.45, 7) is 4.11. The molecule has 2 nitrogen and oxygen atoms in total. The van der Waals surface area contributed by atoms with Gasteiger partial charge in [0.1, 0.15) is 7.14 Å². The molecule has 4 heteroatoms. The molecule has 2 aromatic heterocycles. The zero-order valence-electron chi connectivity index (χ0n) is 10.7. The average molecular weight is 279 g/mol. The summed E-state index contributed by atoms with van der Waals surface area (Å²) in [5.41, 5.74) is 1.22. The predicted octanol–water partition coefficient (Wildman–Crippen LogP) is 3.78. The van der Waals surface area contributed by atoms with Crippen molar-refractivity contribution in [3.63, 3.8) is 0 Å². The third-order valence-electron chi connectivity index (χ3n) is 3.14. The van der Waals surface area contributed by atoms with E-state index < -0.39 is 7.14 Å². The molecule has 0 aliphatic rings. The van der Waals surface area contributed by atoms with Gasteiger partial charge in [-0.25, -0.2) is 0 Å². The molecule has 0 aliphatic heterocycles. The highest BCUT2D eigenvalue weighted by atomic mass is 32.1. The number of hydrogen-bond acceptors (Lipinski definition) is 3. The molecule has 0 saturated carbocycles. The number of pyridine rings is 1. The van der Waals surface area contributed by atoms with Crippen molar-refractivity contribution in [2.45, 2.75) is 25.9 Å². The van der Waals surface area contributed by atoms with Gasteiger partial charge in [-0.05, 0) is 30.0 Å². The van der Waals surface area contributed by atoms with Crippen LogP contribution in [-0.4, -0.2) is 16.8 Å². The zero-order chi connectivity index (χ0) is 13.0. The average Bonchev–Trinajstić information content (AvgIpc) is 2.91. The zero-order valence-corrected chi connectivity index (χ0v) is 12.5. The highest BCUT2D eigenvalue weighted by Gasteiger charge is 2.29. The maximum absolute atomic E-state index is 13.1. The molecule has 0 aromatic carbocycles. The lowest BCUT2D eigenvalue weighted by Gasteiger charge is -2.20. The van der Waals surface area contributed by atoms with Gasteiger partial charge in [-0.15, -0.1) is 11.3 Å². The van der Waals surface area contributed by atoms with Crippen LogP contribution in [0.5, 0.6) is 0 Å². The van der Waals surface area contributed by atoms with Crippen LogP contribution in [0.3, 0.4) is 0 Å². The van der Waals surface area contributed by atoms with Crippen molar-refractivity contribution >= 4 is 23.1 Å². The van der Waals surface area contributed by atoms with Crippen molar-refractivity contribution in [2.24, 2.45) is 0 Å². The van der Waals surface area contributed by atoms with E-state index in [0.29, 0.717) is 6.16 Å². The summed E-state index contributed by atoms with van der Waals surface area (Å²) in [6, 6.07) is 9.87. The number of hydrogen-bond donors (Lipinski definition) is 0. The Hall–Kier alpha value is -0.920. The number of aryl methyl sites for hydroxylation is 1. The fraction of sp³-hybridized carbons (Fsp3) is 0.357. The first-order valence-electron chi connectivity index (χ1n) is 6.15. The van der Waals surface area contributed by atoms with Crippen molar-refractivity contribution in [3.05, 3.63) is 47.6 Å². The van der Waals surface area contributed by atoms with Crippen molar-refractivity contribution in [2.75, 3.05) is 6.16 Å². The van der Waals surface area contributed by atoms with Crippen molar-refractivity contribution < 1.29 is 4.57 Å². The first kappa shape index (κ1) is 13.5. The summed E-state index contributed by atoms with van der Waals surface area (Å²) in [7, 11) is -2.28. The van der Waals surface area contributed by atoms with Crippen LogP contribution >= 0.6 is 18.5 Å². The van der Waals surface area contributed by atoms with Gasteiger partial charge in [-0.3, -0.25) is 4.98 Å². The van der Waals surface area contributed by atoms with Crippen molar-refractivity contribution in [3.8, 4) is 0 Å². The number of rotatable bonds is 5. The van der Waals surface area contributed by atoms with E-state index in [0.717, 1.165) is 16.7 Å². The minimum atomic E-state index is -2.28. The SMILES string of the molecule is CC(C)[P@@](=O)(CCc1ccccn1)c1cccs1. The molecule has 96 valence electrons. The van der Waals surface area contributed by atoms with E-state index in [1.807, 2.05) is 35.7 Å². The lowest BCUT2D eigenvalue weighted by molar-refractivity contribution is 0.575. The first-order valence-corrected chi connectivity index (χ1v) is 9.00. The first-order chi connectivity index (χ1) is 8.63. The molecule has 0 aliphatic carbocycles. The van der Waals surface area contributed by atoms with Gasteiger partial charge in [-0.1, -0.05) is 26.0 Å². The van der Waals surface area contributed by atoms with E-state index in [4.69, 9.17) is 0 Å². The molecule has 0 fully saturated rings. The molecule has 2 rings (SSSR count). The Morgan fingerprint density at radius 2 is 2.11 bits per heavy atom. The van der Waals surface area contributed by atoms with Crippen LogP contribution in [0.15, 0.2) is 41.9 Å². The summed E-state index contributed by atoms with van der Waals surface area (Å²) in [4.78, 5) is 4.30. The molecule has 18 heavy (non-hydrogen) atoms. The molecule has 0 saturated heterocycles. The lowest BCUT2D eigenvalue weighted by Crippen LogP contribution is -2.14. The Bertz CT molecular complexity index is 522. The normalized spacial score (nSPS) is 14.6. The number of nitrogens with zero attached hydrogens (tertiary/aromatic N) is 1. The van der Waals surface area contributed by atoms with Gasteiger partial charge < -0.3 is 4.57 Å². The van der Waals surface area contributed by atoms with Gasteiger partial charge in [0.25, 0.3) is 0 Å². The molecule has 2 heterocycles. The number of thiophene rings is 1. The second-order valence-corrected chi connectivity index (χ2v) is 9.44. The monoisotopic (exact) mass is 279 g/mol. The van der Waals surface area contributed by atoms with Crippen molar-refractivity contribution in [1.29, 1.82) is 0 Å². The Morgan fingerprint density at radius 3 is 2.67 bits per heavy atom. The van der Waals surface area contributed by atoms with Crippen LogP contribution in [0.25, 0.3) is 0 Å². The van der Waals surface area contributed by atoms with Gasteiger partial charge in [0.15, 0.2) is 0 Å². The highest BCUT2D eigenvalue weighted by molar-refractivity contribution is 7.77. The van der Waals surface area contributed by atoms with Gasteiger partial charge in [0.2, 0.25) is 0 Å². The van der Waals surface area contributed by atoms with Crippen LogP contribution in [-0.2, 0) is 11.0 Å². The van der Waals surface area contributed by atoms with E-state index in [1.54, 1.807) is 17.5 Å². The van der Waals surface area contributed by atoms with E-state index in [-0.39, 0.29) is 5.66 Å². The maximum Gasteiger partial charge on any atom is 0.127 e. The third kappa shape index (κ3) is 2.90. The van der Waals surface area contributed by atoms with E-state index in [2.05, 4.69) is 18.8 Å². The summed E-state index contributed by atoms with van der Waals surface area (Å²) in [6.07, 6.45) is 3.29. The summed E-state index contributed by atoms with van der Waals surface area (Å²) >= 11 is 1.61. The smallest absolute Gasteiger partial charge is 0.127 e. The molecule has 0 spiro atoms. The Balaban J connectivity index is 2.16. The van der Waals surface area contributed by atoms with Gasteiger partial charge in [0, 0.05) is 23.7 Å². The van der Waals surface area contributed by atoms with Crippen LogP contribution in [0, 0.1) is 0 Å². The largest absolute Gasteiger partial charge is 0.318 e. The van der Waals surface area contributed by atoms with E-state index in [9.17, 15) is 4.57 Å². The molecule has 1 atom stereocenters. The predicted molar refractivity (Wildman–Crippen MR) is 79.5 cm³/mol. The Morgan fingerprint density at radius 1 is 1.28 bits per heavy atom. The maximum atomic E-state index is 13.1. The Kier molecular flexibility index (Phi) is 4.36. The molecule has 0 N–H and O–H groups in total. The summed E-state index contributed by atoms with van der Waals surface area (Å²) < 4.78 is 14.2. The molecule has 0 amide bonds. The quantitative estimate of drug-likeness (QED) is 0.780. The van der Waals surface area contributed by atoms with Crippen LogP contribution < -0.4 is 4.62 Å². The minimum absolute atomic E-state index is 0.194. The fourth-order valence-electron chi connectivity index (χ4n) is 1.93. The second kappa shape index (κ2) is 5.81. The van der Waals surface area contributed by atoms with Gasteiger partial charge in [-0.2, -0.15) is 0 Å². The minimum Gasteiger partial charge on any atom is -0.318 e. The lowest BCUT2D eigenvalue weighted by atomic mass is 10.3. The number of aromatic nitrogens is 1.